The second-order valence-corrected chi connectivity index (χ2v) is 7.41. The van der Waals surface area contributed by atoms with Crippen molar-refractivity contribution in [3.63, 3.8) is 0 Å². The summed E-state index contributed by atoms with van der Waals surface area (Å²) in [5.74, 6) is -0.0512. The van der Waals surface area contributed by atoms with Gasteiger partial charge in [-0.15, -0.1) is 0 Å². The highest BCUT2D eigenvalue weighted by molar-refractivity contribution is 7.91. The molecular weight excluding hydrogens is 276 g/mol. The fourth-order valence-electron chi connectivity index (χ4n) is 2.26. The number of benzene rings is 1. The summed E-state index contributed by atoms with van der Waals surface area (Å²) in [6, 6.07) is 9.31. The molecule has 2 rings (SSSR count). The van der Waals surface area contributed by atoms with Gasteiger partial charge < -0.3 is 10.6 Å². The van der Waals surface area contributed by atoms with Crippen molar-refractivity contribution < 1.29 is 13.2 Å². The Labute approximate surface area is 119 Å². The summed E-state index contributed by atoms with van der Waals surface area (Å²) in [5.41, 5.74) is 7.07. The van der Waals surface area contributed by atoms with Crippen LogP contribution >= 0.6 is 0 Å². The first kappa shape index (κ1) is 15.0. The Hall–Kier alpha value is -1.40. The minimum atomic E-state index is -2.96. The molecule has 2 N–H and O–H groups in total. The van der Waals surface area contributed by atoms with E-state index in [1.807, 2.05) is 30.3 Å². The van der Waals surface area contributed by atoms with Crippen LogP contribution in [0.25, 0.3) is 0 Å². The lowest BCUT2D eigenvalue weighted by atomic mass is 10.0. The van der Waals surface area contributed by atoms with Crippen molar-refractivity contribution in [3.8, 4) is 0 Å². The Morgan fingerprint density at radius 3 is 2.40 bits per heavy atom. The number of rotatable bonds is 4. The van der Waals surface area contributed by atoms with E-state index >= 15 is 0 Å². The highest BCUT2D eigenvalue weighted by Gasteiger charge is 2.27. The van der Waals surface area contributed by atoms with Crippen molar-refractivity contribution in [2.45, 2.75) is 18.9 Å². The third-order valence-electron chi connectivity index (χ3n) is 3.56. The van der Waals surface area contributed by atoms with E-state index in [0.29, 0.717) is 6.42 Å². The Kier molecular flexibility index (Phi) is 4.77. The maximum atomic E-state index is 12.1. The van der Waals surface area contributed by atoms with Gasteiger partial charge in [-0.05, 0) is 18.4 Å². The molecular formula is C14H20N2O3S. The fourth-order valence-corrected chi connectivity index (χ4v) is 3.46. The quantitative estimate of drug-likeness (QED) is 0.861. The second-order valence-electron chi connectivity index (χ2n) is 5.11. The van der Waals surface area contributed by atoms with Gasteiger partial charge in [0.1, 0.15) is 0 Å². The van der Waals surface area contributed by atoms with Gasteiger partial charge in [0, 0.05) is 13.1 Å². The molecule has 0 saturated carbocycles. The van der Waals surface area contributed by atoms with Crippen LogP contribution in [0.2, 0.25) is 0 Å². The molecule has 6 heteroatoms. The van der Waals surface area contributed by atoms with E-state index in [-0.39, 0.29) is 30.5 Å². The molecule has 5 nitrogen and oxygen atoms in total. The standard InChI is InChI=1S/C14H20N2O3S/c15-13(7-6-12-4-2-1-3-5-12)14(17)16-8-10-20(18,19)11-9-16/h1-5,13H,6-11,15H2/t13-/m0/s1. The van der Waals surface area contributed by atoms with Gasteiger partial charge >= 0.3 is 0 Å². The normalized spacial score (nSPS) is 19.6. The zero-order valence-corrected chi connectivity index (χ0v) is 12.2. The van der Waals surface area contributed by atoms with Gasteiger partial charge in [0.05, 0.1) is 17.5 Å². The zero-order chi connectivity index (χ0) is 14.6. The number of nitrogens with two attached hydrogens (primary N) is 1. The molecule has 1 aromatic carbocycles. The lowest BCUT2D eigenvalue weighted by molar-refractivity contribution is -0.132. The minimum absolute atomic E-state index is 0.0458. The van der Waals surface area contributed by atoms with E-state index in [1.54, 1.807) is 4.90 Å². The first-order valence-corrected chi connectivity index (χ1v) is 8.59. The molecule has 0 bridgehead atoms. The van der Waals surface area contributed by atoms with Gasteiger partial charge in [0.15, 0.2) is 9.84 Å². The van der Waals surface area contributed by atoms with E-state index in [0.717, 1.165) is 12.0 Å². The maximum Gasteiger partial charge on any atom is 0.239 e. The largest absolute Gasteiger partial charge is 0.339 e. The average molecular weight is 296 g/mol. The summed E-state index contributed by atoms with van der Waals surface area (Å²) in [6.07, 6.45) is 1.33. The molecule has 1 heterocycles. The maximum absolute atomic E-state index is 12.1. The predicted octanol–water partition coefficient (Wildman–Crippen LogP) is 0.204. The summed E-state index contributed by atoms with van der Waals surface area (Å²) >= 11 is 0. The van der Waals surface area contributed by atoms with Crippen molar-refractivity contribution >= 4 is 15.7 Å². The van der Waals surface area contributed by atoms with Crippen LogP contribution in [0.1, 0.15) is 12.0 Å². The van der Waals surface area contributed by atoms with Crippen LogP contribution in [0, 0.1) is 0 Å². The lowest BCUT2D eigenvalue weighted by Gasteiger charge is -2.29. The van der Waals surface area contributed by atoms with Crippen LogP contribution < -0.4 is 5.73 Å². The van der Waals surface area contributed by atoms with Gasteiger partial charge in [0.2, 0.25) is 5.91 Å². The third-order valence-corrected chi connectivity index (χ3v) is 5.17. The molecule has 0 aromatic heterocycles. The van der Waals surface area contributed by atoms with Gasteiger partial charge in [-0.25, -0.2) is 8.42 Å². The van der Waals surface area contributed by atoms with Crippen LogP contribution in [0.15, 0.2) is 30.3 Å². The van der Waals surface area contributed by atoms with Crippen LogP contribution in [0.3, 0.4) is 0 Å². The SMILES string of the molecule is N[C@@H](CCc1ccccc1)C(=O)N1CCS(=O)(=O)CC1. The highest BCUT2D eigenvalue weighted by atomic mass is 32.2. The van der Waals surface area contributed by atoms with Crippen molar-refractivity contribution in [2.24, 2.45) is 5.73 Å². The van der Waals surface area contributed by atoms with E-state index in [1.165, 1.54) is 0 Å². The molecule has 1 aliphatic heterocycles. The van der Waals surface area contributed by atoms with Crippen molar-refractivity contribution in [1.29, 1.82) is 0 Å². The molecule has 1 atom stereocenters. The summed E-state index contributed by atoms with van der Waals surface area (Å²) in [7, 11) is -2.96. The molecule has 1 aliphatic rings. The monoisotopic (exact) mass is 296 g/mol. The first-order valence-electron chi connectivity index (χ1n) is 6.77. The molecule has 0 spiro atoms. The van der Waals surface area contributed by atoms with E-state index in [9.17, 15) is 13.2 Å². The topological polar surface area (TPSA) is 80.5 Å². The van der Waals surface area contributed by atoms with Gasteiger partial charge in [-0.3, -0.25) is 4.79 Å². The summed E-state index contributed by atoms with van der Waals surface area (Å²) in [6.45, 7) is 0.528. The summed E-state index contributed by atoms with van der Waals surface area (Å²) < 4.78 is 22.7. The number of hydrogen-bond acceptors (Lipinski definition) is 4. The lowest BCUT2D eigenvalue weighted by Crippen LogP contribution is -2.50. The minimum Gasteiger partial charge on any atom is -0.339 e. The van der Waals surface area contributed by atoms with Crippen molar-refractivity contribution in [2.75, 3.05) is 24.6 Å². The predicted molar refractivity (Wildman–Crippen MR) is 78.0 cm³/mol. The molecule has 0 unspecified atom stereocenters. The Bertz CT molecular complexity index is 543. The molecule has 20 heavy (non-hydrogen) atoms. The van der Waals surface area contributed by atoms with Crippen LogP contribution in [-0.4, -0.2) is 49.9 Å². The zero-order valence-electron chi connectivity index (χ0n) is 11.4. The number of carbonyl (C=O) groups is 1. The van der Waals surface area contributed by atoms with E-state index < -0.39 is 15.9 Å². The van der Waals surface area contributed by atoms with Gasteiger partial charge in [-0.2, -0.15) is 0 Å². The summed E-state index contributed by atoms with van der Waals surface area (Å²) in [4.78, 5) is 13.7. The number of carbonyl (C=O) groups excluding carboxylic acids is 1. The number of nitrogens with zero attached hydrogens (tertiary/aromatic N) is 1. The molecule has 0 aliphatic carbocycles. The Morgan fingerprint density at radius 1 is 1.20 bits per heavy atom. The number of hydrogen-bond donors (Lipinski definition) is 1. The smallest absolute Gasteiger partial charge is 0.239 e. The average Bonchev–Trinajstić information content (AvgIpc) is 2.45. The molecule has 1 amide bonds. The van der Waals surface area contributed by atoms with Crippen LogP contribution in [0.5, 0.6) is 0 Å². The van der Waals surface area contributed by atoms with Crippen molar-refractivity contribution in [1.82, 2.24) is 4.90 Å². The number of aryl methyl sites for hydroxylation is 1. The van der Waals surface area contributed by atoms with Crippen molar-refractivity contribution in [3.05, 3.63) is 35.9 Å². The molecule has 1 fully saturated rings. The highest BCUT2D eigenvalue weighted by Crippen LogP contribution is 2.09. The van der Waals surface area contributed by atoms with E-state index in [4.69, 9.17) is 5.73 Å². The van der Waals surface area contributed by atoms with E-state index in [2.05, 4.69) is 0 Å². The van der Waals surface area contributed by atoms with Crippen LogP contribution in [-0.2, 0) is 21.1 Å². The second kappa shape index (κ2) is 6.37. The van der Waals surface area contributed by atoms with Gasteiger partial charge in [0.25, 0.3) is 0 Å². The summed E-state index contributed by atoms with van der Waals surface area (Å²) in [5, 5.41) is 0. The molecule has 110 valence electrons. The van der Waals surface area contributed by atoms with Gasteiger partial charge in [-0.1, -0.05) is 30.3 Å². The third kappa shape index (κ3) is 4.05. The number of amides is 1. The van der Waals surface area contributed by atoms with Crippen LogP contribution in [0.4, 0.5) is 0 Å². The molecule has 1 saturated heterocycles. The first-order chi connectivity index (χ1) is 9.48. The Balaban J connectivity index is 1.83. The molecule has 1 aromatic rings. The molecule has 0 radical (unpaired) electrons. The Morgan fingerprint density at radius 2 is 1.80 bits per heavy atom. The number of sulfone groups is 1. The fraction of sp³-hybridized carbons (Fsp3) is 0.500.